The maximum absolute atomic E-state index is 4.49. The average Bonchev–Trinajstić information content (AvgIpc) is 2.45. The minimum absolute atomic E-state index is 0.675. The fourth-order valence-electron chi connectivity index (χ4n) is 2.40. The molecule has 1 aromatic heterocycles. The molecule has 3 nitrogen and oxygen atoms in total. The Bertz CT molecular complexity index is 415. The minimum Gasteiger partial charge on any atom is -0.371 e. The molecule has 120 valence electrons. The van der Waals surface area contributed by atoms with Gasteiger partial charge in [-0.05, 0) is 38.3 Å². The van der Waals surface area contributed by atoms with E-state index in [0.29, 0.717) is 5.92 Å². The average molecular weight is 291 g/mol. The number of aryl methyl sites for hydroxylation is 1. The van der Waals surface area contributed by atoms with Crippen molar-refractivity contribution >= 4 is 5.69 Å². The molecule has 0 saturated carbocycles. The van der Waals surface area contributed by atoms with E-state index in [1.165, 1.54) is 17.7 Å². The lowest BCUT2D eigenvalue weighted by Gasteiger charge is -2.28. The van der Waals surface area contributed by atoms with Gasteiger partial charge in [0.05, 0.1) is 0 Å². The highest BCUT2D eigenvalue weighted by Crippen LogP contribution is 2.22. The molecule has 0 bridgehead atoms. The summed E-state index contributed by atoms with van der Waals surface area (Å²) in [6.07, 6.45) is 3.26. The highest BCUT2D eigenvalue weighted by molar-refractivity contribution is 5.53. The number of nitrogens with zero attached hydrogens (tertiary/aromatic N) is 2. The molecule has 0 aliphatic carbocycles. The molecule has 1 atom stereocenters. The van der Waals surface area contributed by atoms with Gasteiger partial charge in [0.1, 0.15) is 0 Å². The maximum Gasteiger partial charge on any atom is 0.0445 e. The van der Waals surface area contributed by atoms with Gasteiger partial charge in [-0.25, -0.2) is 0 Å². The summed E-state index contributed by atoms with van der Waals surface area (Å²) >= 11 is 0. The van der Waals surface area contributed by atoms with Crippen LogP contribution in [0.25, 0.3) is 0 Å². The highest BCUT2D eigenvalue weighted by atomic mass is 15.1. The molecule has 0 aliphatic heterocycles. The summed E-state index contributed by atoms with van der Waals surface area (Å²) in [6, 6.07) is 2.23. The number of nitrogens with one attached hydrogen (secondary N) is 1. The third kappa shape index (κ3) is 6.04. The fourth-order valence-corrected chi connectivity index (χ4v) is 2.40. The van der Waals surface area contributed by atoms with E-state index in [4.69, 9.17) is 0 Å². The lowest BCUT2D eigenvalue weighted by molar-refractivity contribution is 0.539. The number of pyridine rings is 1. The monoisotopic (exact) mass is 291 g/mol. The third-order valence-corrected chi connectivity index (χ3v) is 3.92. The Morgan fingerprint density at radius 3 is 2.52 bits per heavy atom. The first-order valence-electron chi connectivity index (χ1n) is 8.39. The Kier molecular flexibility index (Phi) is 7.73. The summed E-state index contributed by atoms with van der Waals surface area (Å²) in [5.41, 5.74) is 3.76. The fraction of sp³-hybridized carbons (Fsp3) is 0.722. The van der Waals surface area contributed by atoms with Crippen LogP contribution in [0.3, 0.4) is 0 Å². The SMILES string of the molecule is CCC(C)CN(CC)c1cc(C)ncc1CNCC(C)C. The predicted molar refractivity (Wildman–Crippen MR) is 92.9 cm³/mol. The Morgan fingerprint density at radius 1 is 1.24 bits per heavy atom. The number of aromatic nitrogens is 1. The van der Waals surface area contributed by atoms with E-state index in [-0.39, 0.29) is 0 Å². The molecule has 21 heavy (non-hydrogen) atoms. The number of rotatable bonds is 9. The van der Waals surface area contributed by atoms with Crippen LogP contribution in [0.4, 0.5) is 5.69 Å². The molecular weight excluding hydrogens is 258 g/mol. The van der Waals surface area contributed by atoms with Gasteiger partial charge in [-0.3, -0.25) is 4.98 Å². The molecule has 1 aromatic rings. The van der Waals surface area contributed by atoms with Crippen LogP contribution in [0.1, 0.15) is 52.3 Å². The largest absolute Gasteiger partial charge is 0.371 e. The molecule has 1 rings (SSSR count). The van der Waals surface area contributed by atoms with Crippen molar-refractivity contribution in [3.05, 3.63) is 23.5 Å². The van der Waals surface area contributed by atoms with Crippen molar-refractivity contribution in [1.29, 1.82) is 0 Å². The number of hydrogen-bond donors (Lipinski definition) is 1. The van der Waals surface area contributed by atoms with E-state index >= 15 is 0 Å². The van der Waals surface area contributed by atoms with E-state index in [0.717, 1.165) is 37.8 Å². The quantitative estimate of drug-likeness (QED) is 0.745. The van der Waals surface area contributed by atoms with Gasteiger partial charge in [0.25, 0.3) is 0 Å². The van der Waals surface area contributed by atoms with Crippen LogP contribution in [0.5, 0.6) is 0 Å². The normalized spacial score (nSPS) is 12.7. The van der Waals surface area contributed by atoms with Crippen LogP contribution < -0.4 is 10.2 Å². The van der Waals surface area contributed by atoms with Crippen molar-refractivity contribution in [1.82, 2.24) is 10.3 Å². The van der Waals surface area contributed by atoms with Crippen molar-refractivity contribution in [2.24, 2.45) is 11.8 Å². The molecule has 0 saturated heterocycles. The molecule has 0 aromatic carbocycles. The summed E-state index contributed by atoms with van der Waals surface area (Å²) in [5.74, 6) is 1.39. The Labute approximate surface area is 131 Å². The van der Waals surface area contributed by atoms with Gasteiger partial charge >= 0.3 is 0 Å². The molecule has 1 N–H and O–H groups in total. The first kappa shape index (κ1) is 18.0. The van der Waals surface area contributed by atoms with Crippen LogP contribution in [0.15, 0.2) is 12.3 Å². The third-order valence-electron chi connectivity index (χ3n) is 3.92. The van der Waals surface area contributed by atoms with Crippen LogP contribution in [0, 0.1) is 18.8 Å². The molecular formula is C18H33N3. The van der Waals surface area contributed by atoms with Gasteiger partial charge in [-0.15, -0.1) is 0 Å². The second kappa shape index (κ2) is 9.04. The summed E-state index contributed by atoms with van der Waals surface area (Å²) in [4.78, 5) is 6.98. The molecule has 0 amide bonds. The number of hydrogen-bond acceptors (Lipinski definition) is 3. The smallest absolute Gasteiger partial charge is 0.0445 e. The van der Waals surface area contributed by atoms with Crippen LogP contribution >= 0.6 is 0 Å². The Morgan fingerprint density at radius 2 is 1.95 bits per heavy atom. The van der Waals surface area contributed by atoms with Crippen molar-refractivity contribution in [3.63, 3.8) is 0 Å². The first-order chi connectivity index (χ1) is 9.97. The molecule has 1 unspecified atom stereocenters. The van der Waals surface area contributed by atoms with Gasteiger partial charge in [0, 0.05) is 42.8 Å². The van der Waals surface area contributed by atoms with E-state index < -0.39 is 0 Å². The summed E-state index contributed by atoms with van der Waals surface area (Å²) in [7, 11) is 0. The van der Waals surface area contributed by atoms with Gasteiger partial charge in [0.2, 0.25) is 0 Å². The van der Waals surface area contributed by atoms with Gasteiger partial charge in [-0.1, -0.05) is 34.1 Å². The Hall–Kier alpha value is -1.09. The second-order valence-corrected chi connectivity index (χ2v) is 6.53. The van der Waals surface area contributed by atoms with Gasteiger partial charge < -0.3 is 10.2 Å². The van der Waals surface area contributed by atoms with Crippen molar-refractivity contribution in [2.45, 2.75) is 54.5 Å². The van der Waals surface area contributed by atoms with Crippen LogP contribution in [0.2, 0.25) is 0 Å². The molecule has 0 radical (unpaired) electrons. The molecule has 0 spiro atoms. The predicted octanol–water partition coefficient (Wildman–Crippen LogP) is 4.01. The molecule has 0 fully saturated rings. The summed E-state index contributed by atoms with van der Waals surface area (Å²) in [6.45, 7) is 17.5. The van der Waals surface area contributed by atoms with E-state index in [9.17, 15) is 0 Å². The Balaban J connectivity index is 2.88. The minimum atomic E-state index is 0.675. The second-order valence-electron chi connectivity index (χ2n) is 6.53. The zero-order valence-electron chi connectivity index (χ0n) is 14.7. The van der Waals surface area contributed by atoms with Crippen LogP contribution in [-0.2, 0) is 6.54 Å². The van der Waals surface area contributed by atoms with Crippen molar-refractivity contribution in [2.75, 3.05) is 24.5 Å². The lowest BCUT2D eigenvalue weighted by Crippen LogP contribution is -2.30. The standard InChI is InChI=1S/C18H33N3/c1-7-15(5)13-21(8-2)18-9-16(6)20-12-17(18)11-19-10-14(3)4/h9,12,14-15,19H,7-8,10-11,13H2,1-6H3. The first-order valence-corrected chi connectivity index (χ1v) is 8.39. The molecule has 1 heterocycles. The molecule has 0 aliphatic rings. The zero-order valence-corrected chi connectivity index (χ0v) is 14.7. The van der Waals surface area contributed by atoms with Gasteiger partial charge in [-0.2, -0.15) is 0 Å². The topological polar surface area (TPSA) is 28.2 Å². The van der Waals surface area contributed by atoms with Crippen molar-refractivity contribution < 1.29 is 0 Å². The molecule has 3 heteroatoms. The highest BCUT2D eigenvalue weighted by Gasteiger charge is 2.13. The van der Waals surface area contributed by atoms with E-state index in [1.807, 2.05) is 6.20 Å². The van der Waals surface area contributed by atoms with Gasteiger partial charge in [0.15, 0.2) is 0 Å². The summed E-state index contributed by atoms with van der Waals surface area (Å²) in [5, 5.41) is 3.54. The maximum atomic E-state index is 4.49. The van der Waals surface area contributed by atoms with E-state index in [2.05, 4.69) is 62.8 Å². The van der Waals surface area contributed by atoms with Crippen molar-refractivity contribution in [3.8, 4) is 0 Å². The number of anilines is 1. The zero-order chi connectivity index (χ0) is 15.8. The van der Waals surface area contributed by atoms with E-state index in [1.54, 1.807) is 0 Å². The van der Waals surface area contributed by atoms with Crippen LogP contribution in [-0.4, -0.2) is 24.6 Å². The lowest BCUT2D eigenvalue weighted by atomic mass is 10.1. The summed E-state index contributed by atoms with van der Waals surface area (Å²) < 4.78 is 0.